The number of benzene rings is 1. The van der Waals surface area contributed by atoms with Crippen LogP contribution in [0.25, 0.3) is 6.08 Å². The van der Waals surface area contributed by atoms with E-state index >= 15 is 0 Å². The van der Waals surface area contributed by atoms with E-state index < -0.39 is 0 Å². The van der Waals surface area contributed by atoms with Gasteiger partial charge in [-0.3, -0.25) is 0 Å². The van der Waals surface area contributed by atoms with Crippen molar-refractivity contribution in [3.63, 3.8) is 0 Å². The van der Waals surface area contributed by atoms with Crippen LogP contribution in [0, 0.1) is 0 Å². The minimum atomic E-state index is 0.0774. The van der Waals surface area contributed by atoms with Crippen molar-refractivity contribution < 1.29 is 14.6 Å². The van der Waals surface area contributed by atoms with Crippen LogP contribution < -0.4 is 9.47 Å². The van der Waals surface area contributed by atoms with Gasteiger partial charge >= 0.3 is 0 Å². The SMILES string of the molecule is CC/C(=C/c1cc2c(cc1OC)CC(C)O2)CO. The standard InChI is InChI=1S/C15H20O3/c1-4-11(9-16)6-13-8-15-12(5-10(2)18-15)7-14(13)17-3/h6-8,10,16H,4-5,9H2,1-3H3/b11-6-. The third kappa shape index (κ3) is 2.51. The first-order valence-corrected chi connectivity index (χ1v) is 6.35. The Morgan fingerprint density at radius 3 is 2.94 bits per heavy atom. The molecule has 0 spiro atoms. The van der Waals surface area contributed by atoms with Crippen LogP contribution in [0.15, 0.2) is 17.7 Å². The van der Waals surface area contributed by atoms with Crippen molar-refractivity contribution in [2.24, 2.45) is 0 Å². The topological polar surface area (TPSA) is 38.7 Å². The molecule has 3 heteroatoms. The lowest BCUT2D eigenvalue weighted by Crippen LogP contribution is -2.05. The third-order valence-corrected chi connectivity index (χ3v) is 3.27. The molecular formula is C15H20O3. The lowest BCUT2D eigenvalue weighted by Gasteiger charge is -2.09. The summed E-state index contributed by atoms with van der Waals surface area (Å²) in [6.07, 6.45) is 3.96. The number of ether oxygens (including phenoxy) is 2. The van der Waals surface area contributed by atoms with Crippen molar-refractivity contribution in [1.82, 2.24) is 0 Å². The average Bonchev–Trinajstić information content (AvgIpc) is 2.73. The molecule has 0 saturated carbocycles. The number of hydrogen-bond donors (Lipinski definition) is 1. The van der Waals surface area contributed by atoms with Gasteiger partial charge in [-0.25, -0.2) is 0 Å². The van der Waals surface area contributed by atoms with Crippen LogP contribution in [0.1, 0.15) is 31.4 Å². The maximum Gasteiger partial charge on any atom is 0.126 e. The summed E-state index contributed by atoms with van der Waals surface area (Å²) >= 11 is 0. The molecule has 2 rings (SSSR count). The van der Waals surface area contributed by atoms with Crippen LogP contribution >= 0.6 is 0 Å². The van der Waals surface area contributed by atoms with E-state index in [-0.39, 0.29) is 12.7 Å². The van der Waals surface area contributed by atoms with Gasteiger partial charge in [-0.05, 0) is 37.1 Å². The second-order valence-corrected chi connectivity index (χ2v) is 4.65. The summed E-state index contributed by atoms with van der Waals surface area (Å²) in [5.74, 6) is 1.77. The smallest absolute Gasteiger partial charge is 0.126 e. The van der Waals surface area contributed by atoms with E-state index in [9.17, 15) is 5.11 Å². The molecule has 1 aliphatic heterocycles. The van der Waals surface area contributed by atoms with E-state index in [0.717, 1.165) is 35.5 Å². The van der Waals surface area contributed by atoms with E-state index in [1.54, 1.807) is 7.11 Å². The molecule has 1 unspecified atom stereocenters. The van der Waals surface area contributed by atoms with Crippen molar-refractivity contribution in [3.8, 4) is 11.5 Å². The summed E-state index contributed by atoms with van der Waals surface area (Å²) in [6, 6.07) is 4.04. The highest BCUT2D eigenvalue weighted by atomic mass is 16.5. The maximum absolute atomic E-state index is 9.25. The van der Waals surface area contributed by atoms with Crippen LogP contribution in [0.4, 0.5) is 0 Å². The maximum atomic E-state index is 9.25. The van der Waals surface area contributed by atoms with E-state index in [2.05, 4.69) is 6.92 Å². The second kappa shape index (κ2) is 5.44. The molecule has 1 aliphatic rings. The van der Waals surface area contributed by atoms with Crippen molar-refractivity contribution in [2.45, 2.75) is 32.8 Å². The first-order chi connectivity index (χ1) is 8.67. The van der Waals surface area contributed by atoms with Crippen molar-refractivity contribution in [2.75, 3.05) is 13.7 Å². The molecule has 1 aromatic rings. The Morgan fingerprint density at radius 1 is 1.56 bits per heavy atom. The molecule has 1 aromatic carbocycles. The van der Waals surface area contributed by atoms with Crippen LogP contribution in [0.5, 0.6) is 11.5 Å². The Labute approximate surface area is 108 Å². The fourth-order valence-electron chi connectivity index (χ4n) is 2.22. The van der Waals surface area contributed by atoms with Gasteiger partial charge in [0.2, 0.25) is 0 Å². The molecule has 18 heavy (non-hydrogen) atoms. The molecule has 0 amide bonds. The fourth-order valence-corrected chi connectivity index (χ4v) is 2.22. The van der Waals surface area contributed by atoms with Crippen molar-refractivity contribution in [3.05, 3.63) is 28.8 Å². The fraction of sp³-hybridized carbons (Fsp3) is 0.467. The summed E-state index contributed by atoms with van der Waals surface area (Å²) in [4.78, 5) is 0. The predicted octanol–water partition coefficient (Wildman–Crippen LogP) is 2.80. The largest absolute Gasteiger partial charge is 0.496 e. The molecule has 0 fully saturated rings. The molecule has 1 atom stereocenters. The summed E-state index contributed by atoms with van der Waals surface area (Å²) in [7, 11) is 1.67. The Morgan fingerprint density at radius 2 is 2.33 bits per heavy atom. The van der Waals surface area contributed by atoms with E-state index in [1.165, 1.54) is 5.56 Å². The third-order valence-electron chi connectivity index (χ3n) is 3.27. The molecule has 1 heterocycles. The lowest BCUT2D eigenvalue weighted by molar-refractivity contribution is 0.254. The minimum absolute atomic E-state index is 0.0774. The number of fused-ring (bicyclic) bond motifs is 1. The zero-order valence-electron chi connectivity index (χ0n) is 11.2. The van der Waals surface area contributed by atoms with Crippen LogP contribution in [-0.4, -0.2) is 24.9 Å². The van der Waals surface area contributed by atoms with Gasteiger partial charge in [0.15, 0.2) is 0 Å². The highest BCUT2D eigenvalue weighted by molar-refractivity contribution is 5.64. The van der Waals surface area contributed by atoms with Gasteiger partial charge in [0.25, 0.3) is 0 Å². The number of methoxy groups -OCH3 is 1. The number of aliphatic hydroxyl groups is 1. The summed E-state index contributed by atoms with van der Waals surface area (Å²) < 4.78 is 11.2. The summed E-state index contributed by atoms with van der Waals surface area (Å²) in [5, 5.41) is 9.25. The molecule has 0 bridgehead atoms. The van der Waals surface area contributed by atoms with Gasteiger partial charge in [-0.15, -0.1) is 0 Å². The Kier molecular flexibility index (Phi) is 3.92. The quantitative estimate of drug-likeness (QED) is 0.890. The Balaban J connectivity index is 2.41. The minimum Gasteiger partial charge on any atom is -0.496 e. The molecule has 3 nitrogen and oxygen atoms in total. The highest BCUT2D eigenvalue weighted by Gasteiger charge is 2.21. The molecule has 0 radical (unpaired) electrons. The molecule has 1 N–H and O–H groups in total. The van der Waals surface area contributed by atoms with E-state index in [1.807, 2.05) is 25.1 Å². The first-order valence-electron chi connectivity index (χ1n) is 6.35. The molecular weight excluding hydrogens is 228 g/mol. The summed E-state index contributed by atoms with van der Waals surface area (Å²) in [6.45, 7) is 4.17. The Bertz CT molecular complexity index is 457. The van der Waals surface area contributed by atoms with Gasteiger partial charge in [-0.1, -0.05) is 6.92 Å². The first kappa shape index (κ1) is 13.0. The number of rotatable bonds is 4. The predicted molar refractivity (Wildman–Crippen MR) is 72.1 cm³/mol. The number of aliphatic hydroxyl groups excluding tert-OH is 1. The monoisotopic (exact) mass is 248 g/mol. The van der Waals surface area contributed by atoms with Crippen LogP contribution in [-0.2, 0) is 6.42 Å². The Hall–Kier alpha value is -1.48. The summed E-state index contributed by atoms with van der Waals surface area (Å²) in [5.41, 5.74) is 3.15. The highest BCUT2D eigenvalue weighted by Crippen LogP contribution is 2.36. The van der Waals surface area contributed by atoms with Gasteiger partial charge < -0.3 is 14.6 Å². The zero-order chi connectivity index (χ0) is 13.1. The molecule has 98 valence electrons. The van der Waals surface area contributed by atoms with Gasteiger partial charge in [0.1, 0.15) is 17.6 Å². The van der Waals surface area contributed by atoms with Crippen LogP contribution in [0.3, 0.4) is 0 Å². The van der Waals surface area contributed by atoms with Gasteiger partial charge in [-0.2, -0.15) is 0 Å². The van der Waals surface area contributed by atoms with Crippen molar-refractivity contribution in [1.29, 1.82) is 0 Å². The average molecular weight is 248 g/mol. The van der Waals surface area contributed by atoms with Crippen LogP contribution in [0.2, 0.25) is 0 Å². The normalized spacial score (nSPS) is 18.4. The van der Waals surface area contributed by atoms with E-state index in [0.29, 0.717) is 0 Å². The van der Waals surface area contributed by atoms with E-state index in [4.69, 9.17) is 9.47 Å². The van der Waals surface area contributed by atoms with Crippen molar-refractivity contribution >= 4 is 6.08 Å². The molecule has 0 aromatic heterocycles. The zero-order valence-corrected chi connectivity index (χ0v) is 11.2. The number of hydrogen-bond acceptors (Lipinski definition) is 3. The van der Waals surface area contributed by atoms with Gasteiger partial charge in [0.05, 0.1) is 13.7 Å². The van der Waals surface area contributed by atoms with Gasteiger partial charge in [0, 0.05) is 17.5 Å². The second-order valence-electron chi connectivity index (χ2n) is 4.65. The lowest BCUT2D eigenvalue weighted by atomic mass is 10.0. The molecule has 0 saturated heterocycles. The molecule has 0 aliphatic carbocycles.